The van der Waals surface area contributed by atoms with Crippen LogP contribution in [0, 0.1) is 12.9 Å². The van der Waals surface area contributed by atoms with Crippen LogP contribution < -0.4 is 0 Å². The van der Waals surface area contributed by atoms with E-state index in [4.69, 9.17) is 4.52 Å². The molecule has 1 aliphatic rings. The summed E-state index contributed by atoms with van der Waals surface area (Å²) in [5.74, 6) is -0.497. The Kier molecular flexibility index (Phi) is 4.46. The lowest BCUT2D eigenvalue weighted by molar-refractivity contribution is -0.0242. The largest absolute Gasteiger partial charge is 0.385 e. The van der Waals surface area contributed by atoms with Gasteiger partial charge in [0.2, 0.25) is 5.95 Å². The van der Waals surface area contributed by atoms with E-state index in [0.717, 1.165) is 11.3 Å². The molecule has 0 spiro atoms. The average Bonchev–Trinajstić information content (AvgIpc) is 3.29. The molecule has 0 atom stereocenters. The average molecular weight is 385 g/mol. The number of nitrogens with zero attached hydrogens (tertiary/aromatic N) is 5. The monoisotopic (exact) mass is 385 g/mol. The Morgan fingerprint density at radius 2 is 2.11 bits per heavy atom. The van der Waals surface area contributed by atoms with Gasteiger partial charge in [0.1, 0.15) is 0 Å². The van der Waals surface area contributed by atoms with Crippen LogP contribution in [-0.4, -0.2) is 48.9 Å². The molecule has 9 heteroatoms. The summed E-state index contributed by atoms with van der Waals surface area (Å²) in [6, 6.07) is 4.71. The van der Waals surface area contributed by atoms with E-state index < -0.39 is 11.5 Å². The lowest BCUT2D eigenvalue weighted by atomic mass is 9.85. The fraction of sp³-hybridized carbons (Fsp3) is 0.368. The van der Waals surface area contributed by atoms with Crippen molar-refractivity contribution < 1.29 is 18.8 Å². The Hall–Kier alpha value is -3.07. The minimum atomic E-state index is -1.34. The molecule has 1 fully saturated rings. The number of aromatic nitrogens is 4. The van der Waals surface area contributed by atoms with Gasteiger partial charge in [0.15, 0.2) is 11.5 Å². The van der Waals surface area contributed by atoms with Crippen molar-refractivity contribution in [1.82, 2.24) is 24.8 Å². The summed E-state index contributed by atoms with van der Waals surface area (Å²) in [4.78, 5) is 18.0. The maximum Gasteiger partial charge on any atom is 0.276 e. The number of aryl methyl sites for hydroxylation is 1. The molecule has 0 aliphatic carbocycles. The van der Waals surface area contributed by atoms with Crippen LogP contribution in [0.25, 0.3) is 11.3 Å². The van der Waals surface area contributed by atoms with E-state index >= 15 is 0 Å². The number of aliphatic hydroxyl groups is 1. The van der Waals surface area contributed by atoms with E-state index in [-0.39, 0.29) is 43.1 Å². The van der Waals surface area contributed by atoms with Gasteiger partial charge in [-0.3, -0.25) is 9.48 Å². The summed E-state index contributed by atoms with van der Waals surface area (Å²) in [6.07, 6.45) is 3.43. The van der Waals surface area contributed by atoms with E-state index in [0.29, 0.717) is 5.76 Å². The van der Waals surface area contributed by atoms with Crippen LogP contribution in [0.4, 0.5) is 4.39 Å². The summed E-state index contributed by atoms with van der Waals surface area (Å²) in [6.45, 7) is 2.45. The maximum atomic E-state index is 14.0. The molecule has 0 aromatic carbocycles. The SMILES string of the molecule is Cc1c(-c2cc(C(=O)N3CCC(O)(c4cccnc4F)CC3)no2)cnn1C. The molecule has 3 aromatic heterocycles. The Morgan fingerprint density at radius 3 is 2.75 bits per heavy atom. The zero-order valence-corrected chi connectivity index (χ0v) is 15.6. The number of hydrogen-bond acceptors (Lipinski definition) is 6. The molecule has 4 rings (SSSR count). The van der Waals surface area contributed by atoms with Gasteiger partial charge < -0.3 is 14.5 Å². The van der Waals surface area contributed by atoms with Gasteiger partial charge >= 0.3 is 0 Å². The van der Waals surface area contributed by atoms with Gasteiger partial charge in [0.25, 0.3) is 5.91 Å². The van der Waals surface area contributed by atoms with Gasteiger partial charge in [-0.2, -0.15) is 9.49 Å². The lowest BCUT2D eigenvalue weighted by Crippen LogP contribution is -2.45. The number of rotatable bonds is 3. The standard InChI is InChI=1S/C19H20FN5O3/c1-12-13(11-22-24(12)2)16-10-15(23-28-16)18(26)25-8-5-19(27,6-9-25)14-4-3-7-21-17(14)20/h3-4,7,10-11,27H,5-6,8-9H2,1-2H3. The number of carbonyl (C=O) groups is 1. The van der Waals surface area contributed by atoms with Crippen LogP contribution in [0.2, 0.25) is 0 Å². The number of carbonyl (C=O) groups excluding carboxylic acids is 1. The van der Waals surface area contributed by atoms with Gasteiger partial charge in [-0.15, -0.1) is 0 Å². The van der Waals surface area contributed by atoms with E-state index in [1.807, 2.05) is 14.0 Å². The van der Waals surface area contributed by atoms with Crippen LogP contribution >= 0.6 is 0 Å². The molecule has 0 saturated carbocycles. The zero-order chi connectivity index (χ0) is 19.9. The smallest absolute Gasteiger partial charge is 0.276 e. The predicted molar refractivity (Wildman–Crippen MR) is 96.7 cm³/mol. The molecule has 1 N–H and O–H groups in total. The first-order valence-electron chi connectivity index (χ1n) is 8.97. The molecule has 4 heterocycles. The van der Waals surface area contributed by atoms with Gasteiger partial charge in [0.05, 0.1) is 17.4 Å². The highest BCUT2D eigenvalue weighted by molar-refractivity contribution is 5.93. The zero-order valence-electron chi connectivity index (χ0n) is 15.6. The molecule has 1 aliphatic heterocycles. The van der Waals surface area contributed by atoms with Gasteiger partial charge in [0, 0.05) is 43.7 Å². The van der Waals surface area contributed by atoms with Crippen molar-refractivity contribution >= 4 is 5.91 Å². The van der Waals surface area contributed by atoms with Crippen LogP contribution in [0.1, 0.15) is 34.6 Å². The van der Waals surface area contributed by atoms with Crippen molar-refractivity contribution in [3.8, 4) is 11.3 Å². The molecule has 1 amide bonds. The Labute approximate surface area is 160 Å². The quantitative estimate of drug-likeness (QED) is 0.693. The number of hydrogen-bond donors (Lipinski definition) is 1. The number of likely N-dealkylation sites (tertiary alicyclic amines) is 1. The Bertz CT molecular complexity index is 1020. The van der Waals surface area contributed by atoms with Crippen LogP contribution in [-0.2, 0) is 12.6 Å². The molecule has 146 valence electrons. The molecular formula is C19H20FN5O3. The minimum absolute atomic E-state index is 0.165. The summed E-state index contributed by atoms with van der Waals surface area (Å²) < 4.78 is 21.0. The van der Waals surface area contributed by atoms with E-state index in [1.165, 1.54) is 12.3 Å². The Morgan fingerprint density at radius 1 is 1.36 bits per heavy atom. The highest BCUT2D eigenvalue weighted by Gasteiger charge is 2.38. The van der Waals surface area contributed by atoms with Crippen LogP contribution in [0.3, 0.4) is 0 Å². The first kappa shape index (κ1) is 18.3. The topological polar surface area (TPSA) is 97.3 Å². The molecular weight excluding hydrogens is 365 g/mol. The predicted octanol–water partition coefficient (Wildman–Crippen LogP) is 2.04. The highest BCUT2D eigenvalue weighted by atomic mass is 19.1. The van der Waals surface area contributed by atoms with Crippen molar-refractivity contribution in [3.63, 3.8) is 0 Å². The lowest BCUT2D eigenvalue weighted by Gasteiger charge is -2.38. The van der Waals surface area contributed by atoms with Crippen LogP contribution in [0.5, 0.6) is 0 Å². The number of piperidine rings is 1. The number of halogens is 1. The molecule has 3 aromatic rings. The third kappa shape index (κ3) is 3.07. The van der Waals surface area contributed by atoms with Crippen molar-refractivity contribution in [3.05, 3.63) is 53.5 Å². The third-order valence-corrected chi connectivity index (χ3v) is 5.37. The van der Waals surface area contributed by atoms with Crippen LogP contribution in [0.15, 0.2) is 35.1 Å². The minimum Gasteiger partial charge on any atom is -0.385 e. The molecule has 1 saturated heterocycles. The highest BCUT2D eigenvalue weighted by Crippen LogP contribution is 2.34. The van der Waals surface area contributed by atoms with Gasteiger partial charge in [-0.05, 0) is 25.8 Å². The summed E-state index contributed by atoms with van der Waals surface area (Å²) in [7, 11) is 1.82. The summed E-state index contributed by atoms with van der Waals surface area (Å²) in [5, 5.41) is 18.9. The number of amides is 1. The second kappa shape index (κ2) is 6.83. The van der Waals surface area contributed by atoms with E-state index in [9.17, 15) is 14.3 Å². The second-order valence-corrected chi connectivity index (χ2v) is 7.01. The molecule has 0 unspecified atom stereocenters. The first-order valence-corrected chi connectivity index (χ1v) is 8.97. The van der Waals surface area contributed by atoms with Crippen molar-refractivity contribution in [2.75, 3.05) is 13.1 Å². The van der Waals surface area contributed by atoms with E-state index in [1.54, 1.807) is 27.9 Å². The Balaban J connectivity index is 1.48. The first-order chi connectivity index (χ1) is 13.4. The third-order valence-electron chi connectivity index (χ3n) is 5.37. The van der Waals surface area contributed by atoms with Gasteiger partial charge in [-0.1, -0.05) is 11.2 Å². The van der Waals surface area contributed by atoms with Gasteiger partial charge in [-0.25, -0.2) is 4.98 Å². The fourth-order valence-electron chi connectivity index (χ4n) is 3.49. The molecule has 0 radical (unpaired) electrons. The van der Waals surface area contributed by atoms with E-state index in [2.05, 4.69) is 15.2 Å². The van der Waals surface area contributed by atoms with Crippen molar-refractivity contribution in [2.24, 2.45) is 7.05 Å². The molecule has 8 nitrogen and oxygen atoms in total. The van der Waals surface area contributed by atoms with Crippen molar-refractivity contribution in [1.29, 1.82) is 0 Å². The number of pyridine rings is 1. The second-order valence-electron chi connectivity index (χ2n) is 7.01. The summed E-state index contributed by atoms with van der Waals surface area (Å²) >= 11 is 0. The summed E-state index contributed by atoms with van der Waals surface area (Å²) in [5.41, 5.74) is 0.691. The fourth-order valence-corrected chi connectivity index (χ4v) is 3.49. The maximum absolute atomic E-state index is 14.0. The normalized spacial score (nSPS) is 16.4. The molecule has 0 bridgehead atoms. The van der Waals surface area contributed by atoms with Crippen molar-refractivity contribution in [2.45, 2.75) is 25.4 Å². The molecule has 28 heavy (non-hydrogen) atoms.